The normalized spacial score (nSPS) is 17.1. The number of hydrogen-bond acceptors (Lipinski definition) is 4. The van der Waals surface area contributed by atoms with Crippen molar-refractivity contribution >= 4 is 0 Å². The van der Waals surface area contributed by atoms with E-state index < -0.39 is 0 Å². The Balaban J connectivity index is 1.84. The van der Waals surface area contributed by atoms with Gasteiger partial charge in [0.1, 0.15) is 5.75 Å². The van der Waals surface area contributed by atoms with E-state index in [0.717, 1.165) is 18.7 Å². The van der Waals surface area contributed by atoms with Crippen molar-refractivity contribution in [2.75, 3.05) is 13.2 Å². The lowest BCUT2D eigenvalue weighted by molar-refractivity contribution is 0.245. The van der Waals surface area contributed by atoms with Crippen molar-refractivity contribution in [3.63, 3.8) is 0 Å². The van der Waals surface area contributed by atoms with Crippen molar-refractivity contribution < 1.29 is 10.2 Å². The number of aryl methyl sites for hydroxylation is 1. The van der Waals surface area contributed by atoms with Gasteiger partial charge in [0.15, 0.2) is 0 Å². The second kappa shape index (κ2) is 5.02. The van der Waals surface area contributed by atoms with Gasteiger partial charge in [-0.2, -0.15) is 0 Å². The number of nitrogens with zero attached hydrogens (tertiary/aromatic N) is 1. The topological polar surface area (TPSA) is 65.4 Å². The molecule has 0 bridgehead atoms. The quantitative estimate of drug-likeness (QED) is 0.697. The van der Waals surface area contributed by atoms with Gasteiger partial charge >= 0.3 is 0 Å². The molecule has 1 heterocycles. The van der Waals surface area contributed by atoms with Gasteiger partial charge in [-0.05, 0) is 43.7 Å². The lowest BCUT2D eigenvalue weighted by Crippen LogP contribution is -2.24. The molecule has 4 nitrogen and oxygen atoms in total. The van der Waals surface area contributed by atoms with Crippen LogP contribution in [0.1, 0.15) is 30.7 Å². The summed E-state index contributed by atoms with van der Waals surface area (Å²) in [6.07, 6.45) is 3.24. The zero-order chi connectivity index (χ0) is 12.3. The Kier molecular flexibility index (Phi) is 3.64. The van der Waals surface area contributed by atoms with Crippen molar-refractivity contribution in [1.29, 1.82) is 0 Å². The minimum atomic E-state index is 0.245. The monoisotopic (exact) mass is 236 g/mol. The second-order valence-corrected chi connectivity index (χ2v) is 5.00. The van der Waals surface area contributed by atoms with E-state index in [2.05, 4.69) is 10.3 Å². The van der Waals surface area contributed by atoms with E-state index in [1.54, 1.807) is 12.1 Å². The van der Waals surface area contributed by atoms with Crippen LogP contribution >= 0.6 is 0 Å². The first-order chi connectivity index (χ1) is 8.15. The molecule has 17 heavy (non-hydrogen) atoms. The number of aliphatic hydroxyl groups excluding tert-OH is 1. The van der Waals surface area contributed by atoms with E-state index in [4.69, 9.17) is 5.11 Å². The maximum absolute atomic E-state index is 9.64. The lowest BCUT2D eigenvalue weighted by Gasteiger charge is -2.14. The molecule has 1 aliphatic carbocycles. The summed E-state index contributed by atoms with van der Waals surface area (Å²) >= 11 is 0. The first-order valence-electron chi connectivity index (χ1n) is 6.12. The zero-order valence-electron chi connectivity index (χ0n) is 10.2. The molecule has 0 spiro atoms. The van der Waals surface area contributed by atoms with Gasteiger partial charge < -0.3 is 15.5 Å². The van der Waals surface area contributed by atoms with Crippen molar-refractivity contribution in [3.05, 3.63) is 23.5 Å². The fraction of sp³-hybridized carbons (Fsp3) is 0.615. The van der Waals surface area contributed by atoms with Gasteiger partial charge in [0, 0.05) is 25.4 Å². The predicted molar refractivity (Wildman–Crippen MR) is 65.7 cm³/mol. The molecule has 3 N–H and O–H groups in total. The molecule has 1 aromatic heterocycles. The van der Waals surface area contributed by atoms with Crippen LogP contribution in [0.2, 0.25) is 0 Å². The van der Waals surface area contributed by atoms with Crippen molar-refractivity contribution in [2.24, 2.45) is 5.41 Å². The van der Waals surface area contributed by atoms with E-state index >= 15 is 0 Å². The molecule has 1 aliphatic rings. The molecule has 2 rings (SSSR count). The first-order valence-corrected chi connectivity index (χ1v) is 6.12. The molecule has 1 saturated carbocycles. The Hall–Kier alpha value is -1.13. The summed E-state index contributed by atoms with van der Waals surface area (Å²) in [7, 11) is 0. The highest BCUT2D eigenvalue weighted by Crippen LogP contribution is 2.47. The van der Waals surface area contributed by atoms with Gasteiger partial charge in [-0.1, -0.05) is 0 Å². The molecular formula is C13H20N2O2. The van der Waals surface area contributed by atoms with Gasteiger partial charge in [0.25, 0.3) is 0 Å². The number of rotatable bonds is 6. The van der Waals surface area contributed by atoms with Crippen LogP contribution in [-0.4, -0.2) is 28.3 Å². The molecule has 1 fully saturated rings. The van der Waals surface area contributed by atoms with Crippen LogP contribution in [0, 0.1) is 12.3 Å². The standard InChI is InChI=1S/C13H20N2O2/c1-10-2-3-12(17)11(15-10)8-14-9-13(4-5-13)6-7-16/h2-3,14,16-17H,4-9H2,1H3. The maximum atomic E-state index is 9.64. The van der Waals surface area contributed by atoms with E-state index in [1.165, 1.54) is 12.8 Å². The van der Waals surface area contributed by atoms with Gasteiger partial charge in [0.2, 0.25) is 0 Å². The summed E-state index contributed by atoms with van der Waals surface area (Å²) < 4.78 is 0. The van der Waals surface area contributed by atoms with Crippen LogP contribution in [0.15, 0.2) is 12.1 Å². The van der Waals surface area contributed by atoms with E-state index in [-0.39, 0.29) is 12.4 Å². The Labute approximate surface area is 102 Å². The number of aromatic nitrogens is 1. The summed E-state index contributed by atoms with van der Waals surface area (Å²) in [6.45, 7) is 3.65. The maximum Gasteiger partial charge on any atom is 0.138 e. The molecule has 0 radical (unpaired) electrons. The Morgan fingerprint density at radius 3 is 2.82 bits per heavy atom. The van der Waals surface area contributed by atoms with Crippen molar-refractivity contribution in [2.45, 2.75) is 32.7 Å². The van der Waals surface area contributed by atoms with Gasteiger partial charge in [-0.3, -0.25) is 4.98 Å². The van der Waals surface area contributed by atoms with Gasteiger partial charge in [-0.15, -0.1) is 0 Å². The molecule has 0 aliphatic heterocycles. The first kappa shape index (κ1) is 12.3. The van der Waals surface area contributed by atoms with E-state index in [0.29, 0.717) is 17.7 Å². The number of aliphatic hydroxyl groups is 1. The number of aromatic hydroxyl groups is 1. The fourth-order valence-corrected chi connectivity index (χ4v) is 2.11. The summed E-state index contributed by atoms with van der Waals surface area (Å²) in [4.78, 5) is 4.30. The highest BCUT2D eigenvalue weighted by Gasteiger charge is 2.41. The van der Waals surface area contributed by atoms with Crippen LogP contribution in [0.3, 0.4) is 0 Å². The van der Waals surface area contributed by atoms with Crippen molar-refractivity contribution in [1.82, 2.24) is 10.3 Å². The highest BCUT2D eigenvalue weighted by molar-refractivity contribution is 5.27. The number of nitrogens with one attached hydrogen (secondary N) is 1. The van der Waals surface area contributed by atoms with Crippen LogP contribution in [0.4, 0.5) is 0 Å². The van der Waals surface area contributed by atoms with Crippen LogP contribution in [0.5, 0.6) is 5.75 Å². The minimum Gasteiger partial charge on any atom is -0.506 e. The van der Waals surface area contributed by atoms with E-state index in [1.807, 2.05) is 6.92 Å². The molecular weight excluding hydrogens is 216 g/mol. The smallest absolute Gasteiger partial charge is 0.138 e. The van der Waals surface area contributed by atoms with E-state index in [9.17, 15) is 5.11 Å². The third-order valence-electron chi connectivity index (χ3n) is 3.48. The van der Waals surface area contributed by atoms with Crippen LogP contribution in [-0.2, 0) is 6.54 Å². The summed E-state index contributed by atoms with van der Waals surface area (Å²) in [6, 6.07) is 3.48. The summed E-state index contributed by atoms with van der Waals surface area (Å²) in [5, 5.41) is 21.9. The number of pyridine rings is 1. The minimum absolute atomic E-state index is 0.245. The molecule has 0 saturated heterocycles. The van der Waals surface area contributed by atoms with Gasteiger partial charge in [-0.25, -0.2) is 0 Å². The average Bonchev–Trinajstić information content (AvgIpc) is 3.04. The third-order valence-corrected chi connectivity index (χ3v) is 3.48. The predicted octanol–water partition coefficient (Wildman–Crippen LogP) is 1.35. The third kappa shape index (κ3) is 3.17. The Morgan fingerprint density at radius 1 is 1.41 bits per heavy atom. The SMILES string of the molecule is Cc1ccc(O)c(CNCC2(CCO)CC2)n1. The average molecular weight is 236 g/mol. The van der Waals surface area contributed by atoms with Crippen LogP contribution < -0.4 is 5.32 Å². The van der Waals surface area contributed by atoms with Crippen molar-refractivity contribution in [3.8, 4) is 5.75 Å². The molecule has 0 aromatic carbocycles. The highest BCUT2D eigenvalue weighted by atomic mass is 16.3. The fourth-order valence-electron chi connectivity index (χ4n) is 2.11. The van der Waals surface area contributed by atoms with Crippen LogP contribution in [0.25, 0.3) is 0 Å². The Morgan fingerprint density at radius 2 is 2.18 bits per heavy atom. The van der Waals surface area contributed by atoms with Gasteiger partial charge in [0.05, 0.1) is 5.69 Å². The second-order valence-electron chi connectivity index (χ2n) is 5.00. The number of hydrogen-bond donors (Lipinski definition) is 3. The summed E-state index contributed by atoms with van der Waals surface area (Å²) in [5.41, 5.74) is 1.91. The molecule has 94 valence electrons. The lowest BCUT2D eigenvalue weighted by atomic mass is 10.0. The largest absolute Gasteiger partial charge is 0.506 e. The molecule has 0 atom stereocenters. The molecule has 1 aromatic rings. The Bertz CT molecular complexity index is 389. The zero-order valence-corrected chi connectivity index (χ0v) is 10.2. The molecule has 0 unspecified atom stereocenters. The summed E-state index contributed by atoms with van der Waals surface area (Å²) in [5.74, 6) is 0.245. The molecule has 0 amide bonds. The molecule has 4 heteroatoms.